The maximum atomic E-state index is 14.1. The third kappa shape index (κ3) is 4.36. The zero-order chi connectivity index (χ0) is 23.5. The van der Waals surface area contributed by atoms with Crippen LogP contribution in [0.5, 0.6) is 0 Å². The van der Waals surface area contributed by atoms with E-state index in [2.05, 4.69) is 25.1 Å². The van der Waals surface area contributed by atoms with E-state index in [0.717, 1.165) is 18.5 Å². The highest BCUT2D eigenvalue weighted by molar-refractivity contribution is 5.98. The van der Waals surface area contributed by atoms with Crippen LogP contribution >= 0.6 is 0 Å². The lowest BCUT2D eigenvalue weighted by Gasteiger charge is -2.23. The second kappa shape index (κ2) is 9.38. The van der Waals surface area contributed by atoms with Gasteiger partial charge in [0.1, 0.15) is 5.82 Å². The Morgan fingerprint density at radius 3 is 2.47 bits per heavy atom. The van der Waals surface area contributed by atoms with Gasteiger partial charge in [0.2, 0.25) is 5.95 Å². The van der Waals surface area contributed by atoms with Crippen molar-refractivity contribution in [3.63, 3.8) is 0 Å². The lowest BCUT2D eigenvalue weighted by atomic mass is 10.1. The van der Waals surface area contributed by atoms with E-state index < -0.39 is 0 Å². The fourth-order valence-corrected chi connectivity index (χ4v) is 4.15. The molecule has 34 heavy (non-hydrogen) atoms. The number of anilines is 1. The molecule has 0 unspecified atom stereocenters. The molecule has 1 aliphatic heterocycles. The Bertz CT molecular complexity index is 1290. The Hall–Kier alpha value is -4.14. The number of hydrogen-bond acceptors (Lipinski definition) is 6. The molecule has 0 spiro atoms. The molecule has 9 heteroatoms. The Labute approximate surface area is 196 Å². The highest BCUT2D eigenvalue weighted by Crippen LogP contribution is 2.23. The number of aryl methyl sites for hydroxylation is 1. The second-order valence-electron chi connectivity index (χ2n) is 8.22. The Morgan fingerprint density at radius 2 is 1.71 bits per heavy atom. The van der Waals surface area contributed by atoms with E-state index >= 15 is 0 Å². The van der Waals surface area contributed by atoms with Gasteiger partial charge in [-0.2, -0.15) is 15.0 Å². The molecule has 1 amide bonds. The SMILES string of the molecule is Cc1ccc(-n2nccn2)c(C(=O)N2CCCN(c3ncc(-c4ccccc4F)cn3)CC2)c1. The van der Waals surface area contributed by atoms with Crippen molar-refractivity contribution < 1.29 is 9.18 Å². The topological polar surface area (TPSA) is 80.0 Å². The predicted molar refractivity (Wildman–Crippen MR) is 126 cm³/mol. The standard InChI is InChI=1S/C25H24FN7O/c1-18-7-8-23(33-29-9-10-30-33)21(15-18)24(34)31-11-4-12-32(14-13-31)25-27-16-19(17-28-25)20-5-2-3-6-22(20)26/h2-3,5-10,15-17H,4,11-14H2,1H3. The molecule has 1 aliphatic rings. The van der Waals surface area contributed by atoms with Crippen LogP contribution in [0.15, 0.2) is 67.3 Å². The molecule has 1 saturated heterocycles. The molecule has 0 aliphatic carbocycles. The molecule has 2 aromatic carbocycles. The van der Waals surface area contributed by atoms with Crippen LogP contribution in [0.1, 0.15) is 22.3 Å². The Morgan fingerprint density at radius 1 is 0.941 bits per heavy atom. The molecule has 4 aromatic rings. The van der Waals surface area contributed by atoms with Crippen molar-refractivity contribution >= 4 is 11.9 Å². The summed E-state index contributed by atoms with van der Waals surface area (Å²) in [7, 11) is 0. The zero-order valence-electron chi connectivity index (χ0n) is 18.8. The summed E-state index contributed by atoms with van der Waals surface area (Å²) < 4.78 is 14.1. The summed E-state index contributed by atoms with van der Waals surface area (Å²) in [4.78, 5) is 27.8. The molecule has 0 atom stereocenters. The fraction of sp³-hybridized carbons (Fsp3) is 0.240. The van der Waals surface area contributed by atoms with Gasteiger partial charge < -0.3 is 9.80 Å². The minimum absolute atomic E-state index is 0.0475. The van der Waals surface area contributed by atoms with Crippen LogP contribution < -0.4 is 4.90 Å². The number of hydrogen-bond donors (Lipinski definition) is 0. The van der Waals surface area contributed by atoms with Crippen molar-refractivity contribution in [2.75, 3.05) is 31.1 Å². The maximum absolute atomic E-state index is 14.1. The number of carbonyl (C=O) groups excluding carboxylic acids is 1. The molecule has 0 saturated carbocycles. The van der Waals surface area contributed by atoms with Gasteiger partial charge >= 0.3 is 0 Å². The molecule has 172 valence electrons. The first-order chi connectivity index (χ1) is 16.6. The highest BCUT2D eigenvalue weighted by Gasteiger charge is 2.24. The van der Waals surface area contributed by atoms with Crippen molar-refractivity contribution in [3.8, 4) is 16.8 Å². The molecule has 5 rings (SSSR count). The van der Waals surface area contributed by atoms with E-state index in [1.165, 1.54) is 10.9 Å². The van der Waals surface area contributed by atoms with Crippen LogP contribution in [0.3, 0.4) is 0 Å². The van der Waals surface area contributed by atoms with E-state index in [1.54, 1.807) is 43.0 Å². The summed E-state index contributed by atoms with van der Waals surface area (Å²) in [5.41, 5.74) is 3.35. The number of benzene rings is 2. The smallest absolute Gasteiger partial charge is 0.256 e. The molecular weight excluding hydrogens is 433 g/mol. The number of carbonyl (C=O) groups is 1. The number of nitrogens with zero attached hydrogens (tertiary/aromatic N) is 7. The zero-order valence-corrected chi connectivity index (χ0v) is 18.8. The third-order valence-corrected chi connectivity index (χ3v) is 5.91. The Kier molecular flexibility index (Phi) is 5.99. The number of amides is 1. The number of aromatic nitrogens is 5. The van der Waals surface area contributed by atoms with E-state index in [-0.39, 0.29) is 11.7 Å². The molecular formula is C25H24FN7O. The Balaban J connectivity index is 1.32. The molecule has 8 nitrogen and oxygen atoms in total. The second-order valence-corrected chi connectivity index (χ2v) is 8.22. The van der Waals surface area contributed by atoms with Gasteiger partial charge in [-0.25, -0.2) is 14.4 Å². The number of rotatable bonds is 4. The lowest BCUT2D eigenvalue weighted by molar-refractivity contribution is 0.0766. The van der Waals surface area contributed by atoms with Gasteiger partial charge in [0.25, 0.3) is 5.91 Å². The largest absolute Gasteiger partial charge is 0.339 e. The van der Waals surface area contributed by atoms with Gasteiger partial charge in [0, 0.05) is 49.7 Å². The van der Waals surface area contributed by atoms with Gasteiger partial charge in [-0.3, -0.25) is 4.79 Å². The van der Waals surface area contributed by atoms with Gasteiger partial charge in [0.05, 0.1) is 23.6 Å². The van der Waals surface area contributed by atoms with Gasteiger partial charge in [-0.1, -0.05) is 29.8 Å². The lowest BCUT2D eigenvalue weighted by Crippen LogP contribution is -2.36. The number of halogens is 1. The van der Waals surface area contributed by atoms with Crippen LogP contribution in [0.4, 0.5) is 10.3 Å². The molecule has 0 N–H and O–H groups in total. The van der Waals surface area contributed by atoms with Crippen molar-refractivity contribution in [2.24, 2.45) is 0 Å². The van der Waals surface area contributed by atoms with E-state index in [4.69, 9.17) is 0 Å². The minimum atomic E-state index is -0.302. The van der Waals surface area contributed by atoms with Gasteiger partial charge in [-0.15, -0.1) is 0 Å². The van der Waals surface area contributed by atoms with Gasteiger partial charge in [-0.05, 0) is 31.5 Å². The van der Waals surface area contributed by atoms with Crippen molar-refractivity contribution in [3.05, 3.63) is 84.2 Å². The monoisotopic (exact) mass is 457 g/mol. The summed E-state index contributed by atoms with van der Waals surface area (Å²) in [6.07, 6.45) is 7.26. The first-order valence-electron chi connectivity index (χ1n) is 11.2. The van der Waals surface area contributed by atoms with Crippen LogP contribution in [0.2, 0.25) is 0 Å². The van der Waals surface area contributed by atoms with E-state index in [0.29, 0.717) is 48.0 Å². The molecule has 2 aromatic heterocycles. The highest BCUT2D eigenvalue weighted by atomic mass is 19.1. The van der Waals surface area contributed by atoms with Crippen LogP contribution in [0, 0.1) is 12.7 Å². The maximum Gasteiger partial charge on any atom is 0.256 e. The molecule has 1 fully saturated rings. The fourth-order valence-electron chi connectivity index (χ4n) is 4.15. The summed E-state index contributed by atoms with van der Waals surface area (Å²) in [6.45, 7) is 4.46. The molecule has 3 heterocycles. The normalized spacial score (nSPS) is 14.2. The third-order valence-electron chi connectivity index (χ3n) is 5.91. The minimum Gasteiger partial charge on any atom is -0.339 e. The first kappa shape index (κ1) is 21.7. The quantitative estimate of drug-likeness (QED) is 0.467. The molecule has 0 bridgehead atoms. The summed E-state index contributed by atoms with van der Waals surface area (Å²) in [5.74, 6) is 0.226. The van der Waals surface area contributed by atoms with Crippen molar-refractivity contribution in [1.29, 1.82) is 0 Å². The average Bonchev–Trinajstić information content (AvgIpc) is 3.28. The summed E-state index contributed by atoms with van der Waals surface area (Å²) >= 11 is 0. The van der Waals surface area contributed by atoms with E-state index in [1.807, 2.05) is 30.0 Å². The average molecular weight is 458 g/mol. The predicted octanol–water partition coefficient (Wildman–Crippen LogP) is 3.52. The van der Waals surface area contributed by atoms with Crippen LogP contribution in [-0.4, -0.2) is 61.9 Å². The van der Waals surface area contributed by atoms with Crippen molar-refractivity contribution in [2.45, 2.75) is 13.3 Å². The molecule has 0 radical (unpaired) electrons. The van der Waals surface area contributed by atoms with Crippen LogP contribution in [-0.2, 0) is 0 Å². The summed E-state index contributed by atoms with van der Waals surface area (Å²) in [5, 5.41) is 8.39. The van der Waals surface area contributed by atoms with E-state index in [9.17, 15) is 9.18 Å². The van der Waals surface area contributed by atoms with Crippen molar-refractivity contribution in [1.82, 2.24) is 29.9 Å². The van der Waals surface area contributed by atoms with Gasteiger partial charge in [0.15, 0.2) is 0 Å². The first-order valence-corrected chi connectivity index (χ1v) is 11.2. The summed E-state index contributed by atoms with van der Waals surface area (Å²) in [6, 6.07) is 12.3. The van der Waals surface area contributed by atoms with Crippen LogP contribution in [0.25, 0.3) is 16.8 Å².